The molecular formula is C26H25N3O2S. The summed E-state index contributed by atoms with van der Waals surface area (Å²) in [6.45, 7) is 1.62. The lowest BCUT2D eigenvalue weighted by atomic mass is 10.1. The van der Waals surface area contributed by atoms with Crippen molar-refractivity contribution in [3.63, 3.8) is 0 Å². The van der Waals surface area contributed by atoms with Crippen LogP contribution >= 0.6 is 12.2 Å². The highest BCUT2D eigenvalue weighted by Gasteiger charge is 2.14. The van der Waals surface area contributed by atoms with E-state index < -0.39 is 0 Å². The van der Waals surface area contributed by atoms with Crippen molar-refractivity contribution in [2.75, 3.05) is 7.11 Å². The number of H-pyrrole nitrogens is 1. The molecule has 0 aliphatic carbocycles. The highest BCUT2D eigenvalue weighted by molar-refractivity contribution is 7.80. The number of aromatic amines is 1. The zero-order valence-corrected chi connectivity index (χ0v) is 18.7. The third-order valence-corrected chi connectivity index (χ3v) is 5.68. The average molecular weight is 444 g/mol. The Bertz CT molecular complexity index is 1260. The largest absolute Gasteiger partial charge is 0.497 e. The number of nitrogens with zero attached hydrogens (tertiary/aromatic N) is 1. The molecule has 162 valence electrons. The van der Waals surface area contributed by atoms with E-state index in [1.807, 2.05) is 65.6 Å². The minimum atomic E-state index is -0.130. The maximum absolute atomic E-state index is 12.8. The lowest BCUT2D eigenvalue weighted by molar-refractivity contribution is 0.397. The molecule has 2 N–H and O–H groups in total. The van der Waals surface area contributed by atoms with Crippen molar-refractivity contribution in [1.82, 2.24) is 15.2 Å². The molecule has 0 aliphatic heterocycles. The van der Waals surface area contributed by atoms with Crippen molar-refractivity contribution >= 4 is 28.2 Å². The number of fused-ring (bicyclic) bond motifs is 1. The summed E-state index contributed by atoms with van der Waals surface area (Å²) in [4.78, 5) is 17.8. The monoisotopic (exact) mass is 443 g/mol. The van der Waals surface area contributed by atoms with E-state index in [9.17, 15) is 4.79 Å². The molecule has 1 aromatic heterocycles. The summed E-state index contributed by atoms with van der Waals surface area (Å²) in [5, 5.41) is 4.89. The Morgan fingerprint density at radius 2 is 1.62 bits per heavy atom. The van der Waals surface area contributed by atoms with E-state index in [0.29, 0.717) is 36.1 Å². The van der Waals surface area contributed by atoms with Gasteiger partial charge in [0.05, 0.1) is 19.2 Å². The summed E-state index contributed by atoms with van der Waals surface area (Å²) in [6, 6.07) is 27.8. The van der Waals surface area contributed by atoms with Crippen LogP contribution in [0.1, 0.15) is 16.7 Å². The second-order valence-electron chi connectivity index (χ2n) is 7.56. The number of rotatable bonds is 7. The van der Waals surface area contributed by atoms with Gasteiger partial charge < -0.3 is 19.9 Å². The number of methoxy groups -OCH3 is 1. The van der Waals surface area contributed by atoms with Crippen LogP contribution in [-0.4, -0.2) is 22.1 Å². The molecule has 1 heterocycles. The first-order valence-corrected chi connectivity index (χ1v) is 10.8. The first-order valence-electron chi connectivity index (χ1n) is 10.4. The Balaban J connectivity index is 1.58. The van der Waals surface area contributed by atoms with Crippen molar-refractivity contribution in [3.8, 4) is 5.75 Å². The number of ether oxygens (including phenoxy) is 1. The van der Waals surface area contributed by atoms with Crippen LogP contribution in [0.25, 0.3) is 10.9 Å². The second-order valence-corrected chi connectivity index (χ2v) is 7.95. The molecule has 0 spiro atoms. The van der Waals surface area contributed by atoms with Gasteiger partial charge in [-0.25, -0.2) is 0 Å². The number of thiocarbonyl (C=S) groups is 1. The molecule has 5 nitrogen and oxygen atoms in total. The Labute approximate surface area is 192 Å². The smallest absolute Gasteiger partial charge is 0.253 e. The SMILES string of the molecule is COc1ccc2cc(CN(Cc3ccccc3)C(=S)NCc3ccccc3)c(=O)[nH]c2c1. The number of nitrogens with one attached hydrogen (secondary N) is 2. The molecule has 6 heteroatoms. The predicted octanol–water partition coefficient (Wildman–Crippen LogP) is 4.61. The number of benzene rings is 3. The predicted molar refractivity (Wildman–Crippen MR) is 133 cm³/mol. The summed E-state index contributed by atoms with van der Waals surface area (Å²) >= 11 is 5.73. The first-order chi connectivity index (χ1) is 15.6. The van der Waals surface area contributed by atoms with Gasteiger partial charge in [0.1, 0.15) is 5.75 Å². The topological polar surface area (TPSA) is 57.4 Å². The minimum absolute atomic E-state index is 0.130. The van der Waals surface area contributed by atoms with E-state index in [-0.39, 0.29) is 5.56 Å². The molecular weight excluding hydrogens is 418 g/mol. The van der Waals surface area contributed by atoms with Crippen LogP contribution in [0, 0.1) is 0 Å². The maximum atomic E-state index is 12.8. The molecule has 0 bridgehead atoms. The molecule has 4 aromatic rings. The van der Waals surface area contributed by atoms with Crippen molar-refractivity contribution in [3.05, 3.63) is 112 Å². The van der Waals surface area contributed by atoms with Gasteiger partial charge in [0.2, 0.25) is 0 Å². The summed E-state index contributed by atoms with van der Waals surface area (Å²) in [7, 11) is 1.61. The van der Waals surface area contributed by atoms with E-state index in [2.05, 4.69) is 34.6 Å². The summed E-state index contributed by atoms with van der Waals surface area (Å²) < 4.78 is 5.26. The molecule has 32 heavy (non-hydrogen) atoms. The van der Waals surface area contributed by atoms with Crippen LogP contribution in [0.4, 0.5) is 0 Å². The van der Waals surface area contributed by atoms with E-state index in [1.54, 1.807) is 7.11 Å². The highest BCUT2D eigenvalue weighted by atomic mass is 32.1. The second kappa shape index (κ2) is 10.1. The fourth-order valence-corrected chi connectivity index (χ4v) is 3.77. The molecule has 0 fully saturated rings. The lowest BCUT2D eigenvalue weighted by Gasteiger charge is -2.26. The molecule has 0 amide bonds. The van der Waals surface area contributed by atoms with E-state index >= 15 is 0 Å². The van der Waals surface area contributed by atoms with Crippen LogP contribution in [0.15, 0.2) is 89.7 Å². The van der Waals surface area contributed by atoms with Crippen LogP contribution in [0.2, 0.25) is 0 Å². The van der Waals surface area contributed by atoms with Gasteiger partial charge in [-0.05, 0) is 46.9 Å². The Kier molecular flexibility index (Phi) is 6.82. The van der Waals surface area contributed by atoms with Gasteiger partial charge in [-0.1, -0.05) is 60.7 Å². The van der Waals surface area contributed by atoms with Gasteiger partial charge in [0.15, 0.2) is 5.11 Å². The third-order valence-electron chi connectivity index (χ3n) is 5.28. The standard InChI is InChI=1S/C26H25N3O2S/c1-31-23-13-12-21-14-22(25(30)28-24(21)15-23)18-29(17-20-10-6-3-7-11-20)26(32)27-16-19-8-4-2-5-9-19/h2-15H,16-18H2,1H3,(H,27,32)(H,28,30). The van der Waals surface area contributed by atoms with Crippen molar-refractivity contribution in [2.24, 2.45) is 0 Å². The van der Waals surface area contributed by atoms with E-state index in [1.165, 1.54) is 0 Å². The molecule has 0 unspecified atom stereocenters. The van der Waals surface area contributed by atoms with Gasteiger partial charge in [-0.3, -0.25) is 4.79 Å². The van der Waals surface area contributed by atoms with Gasteiger partial charge in [-0.2, -0.15) is 0 Å². The Morgan fingerprint density at radius 1 is 0.938 bits per heavy atom. The zero-order chi connectivity index (χ0) is 22.3. The van der Waals surface area contributed by atoms with Gasteiger partial charge in [0, 0.05) is 24.7 Å². The van der Waals surface area contributed by atoms with Gasteiger partial charge in [-0.15, -0.1) is 0 Å². The Hall–Kier alpha value is -3.64. The quantitative estimate of drug-likeness (QED) is 0.409. The zero-order valence-electron chi connectivity index (χ0n) is 17.9. The maximum Gasteiger partial charge on any atom is 0.253 e. The summed E-state index contributed by atoms with van der Waals surface area (Å²) in [6.07, 6.45) is 0. The summed E-state index contributed by atoms with van der Waals surface area (Å²) in [5.41, 5.74) is 3.54. The number of pyridine rings is 1. The van der Waals surface area contributed by atoms with Crippen molar-refractivity contribution in [2.45, 2.75) is 19.6 Å². The average Bonchev–Trinajstić information content (AvgIpc) is 2.83. The van der Waals surface area contributed by atoms with Crippen LogP contribution < -0.4 is 15.6 Å². The minimum Gasteiger partial charge on any atom is -0.497 e. The number of aromatic nitrogens is 1. The summed E-state index contributed by atoms with van der Waals surface area (Å²) in [5.74, 6) is 0.706. The van der Waals surface area contributed by atoms with Crippen molar-refractivity contribution < 1.29 is 4.74 Å². The Morgan fingerprint density at radius 3 is 2.31 bits per heavy atom. The fourth-order valence-electron chi connectivity index (χ4n) is 3.56. The molecule has 0 radical (unpaired) electrons. The van der Waals surface area contributed by atoms with Gasteiger partial charge in [0.25, 0.3) is 5.56 Å². The van der Waals surface area contributed by atoms with Crippen molar-refractivity contribution in [1.29, 1.82) is 0 Å². The lowest BCUT2D eigenvalue weighted by Crippen LogP contribution is -2.39. The molecule has 0 atom stereocenters. The molecule has 0 saturated carbocycles. The van der Waals surface area contributed by atoms with Crippen LogP contribution in [-0.2, 0) is 19.6 Å². The number of hydrogen-bond acceptors (Lipinski definition) is 3. The third kappa shape index (κ3) is 5.34. The van der Waals surface area contributed by atoms with Crippen LogP contribution in [0.3, 0.4) is 0 Å². The fraction of sp³-hybridized carbons (Fsp3) is 0.154. The normalized spacial score (nSPS) is 10.7. The van der Waals surface area contributed by atoms with E-state index in [0.717, 1.165) is 22.0 Å². The first kappa shape index (κ1) is 21.6. The number of hydrogen-bond donors (Lipinski definition) is 2. The van der Waals surface area contributed by atoms with E-state index in [4.69, 9.17) is 17.0 Å². The van der Waals surface area contributed by atoms with Gasteiger partial charge >= 0.3 is 0 Å². The molecule has 0 saturated heterocycles. The molecule has 0 aliphatic rings. The molecule has 3 aromatic carbocycles. The van der Waals surface area contributed by atoms with Crippen LogP contribution in [0.5, 0.6) is 5.75 Å². The highest BCUT2D eigenvalue weighted by Crippen LogP contribution is 2.19. The molecule has 4 rings (SSSR count).